The van der Waals surface area contributed by atoms with E-state index in [9.17, 15) is 4.79 Å². The quantitative estimate of drug-likeness (QED) is 0.816. The normalized spacial score (nSPS) is 22.6. The van der Waals surface area contributed by atoms with Crippen LogP contribution in [0.5, 0.6) is 0 Å². The molecule has 124 valence electrons. The number of carbonyl (C=O) groups excluding carboxylic acids is 1. The molecule has 4 rings (SSSR count). The highest BCUT2D eigenvalue weighted by Gasteiger charge is 2.41. The maximum absolute atomic E-state index is 13.0. The molecule has 1 amide bonds. The zero-order valence-electron chi connectivity index (χ0n) is 13.1. The van der Waals surface area contributed by atoms with Crippen molar-refractivity contribution in [2.24, 2.45) is 10.9 Å². The van der Waals surface area contributed by atoms with Crippen molar-refractivity contribution in [2.45, 2.75) is 19.4 Å². The zero-order valence-corrected chi connectivity index (χ0v) is 14.6. The molecule has 1 aromatic carbocycles. The van der Waals surface area contributed by atoms with E-state index in [0.29, 0.717) is 10.0 Å². The molecule has 0 aliphatic carbocycles. The van der Waals surface area contributed by atoms with Gasteiger partial charge in [-0.15, -0.1) is 0 Å². The smallest absolute Gasteiger partial charge is 0.233 e. The Hall–Kier alpha value is -1.85. The van der Waals surface area contributed by atoms with Crippen LogP contribution in [0.1, 0.15) is 24.9 Å². The fraction of sp³-hybridized carbons (Fsp3) is 0.353. The topological polar surface area (TPSA) is 50.5 Å². The second-order valence-corrected chi connectivity index (χ2v) is 6.98. The first-order chi connectivity index (χ1) is 11.6. The van der Waals surface area contributed by atoms with E-state index in [1.54, 1.807) is 16.9 Å². The van der Waals surface area contributed by atoms with Crippen molar-refractivity contribution in [3.8, 4) is 0 Å². The van der Waals surface area contributed by atoms with Crippen molar-refractivity contribution < 1.29 is 4.79 Å². The predicted molar refractivity (Wildman–Crippen MR) is 94.3 cm³/mol. The van der Waals surface area contributed by atoms with Crippen molar-refractivity contribution in [2.75, 3.05) is 13.1 Å². The Morgan fingerprint density at radius 1 is 1.21 bits per heavy atom. The van der Waals surface area contributed by atoms with Gasteiger partial charge in [0.05, 0.1) is 22.3 Å². The van der Waals surface area contributed by atoms with Gasteiger partial charge in [0, 0.05) is 24.9 Å². The number of rotatable bonds is 2. The summed E-state index contributed by atoms with van der Waals surface area (Å²) in [5.74, 6) is 0.464. The lowest BCUT2D eigenvalue weighted by Gasteiger charge is -2.38. The second kappa shape index (κ2) is 5.90. The van der Waals surface area contributed by atoms with Crippen LogP contribution in [-0.4, -0.2) is 39.4 Å². The Balaban J connectivity index is 1.83. The molecular weight excluding hydrogens is 347 g/mol. The van der Waals surface area contributed by atoms with Gasteiger partial charge in [0.1, 0.15) is 5.92 Å². The highest BCUT2D eigenvalue weighted by atomic mass is 35.5. The summed E-state index contributed by atoms with van der Waals surface area (Å²) in [4.78, 5) is 19.5. The Kier molecular flexibility index (Phi) is 3.85. The van der Waals surface area contributed by atoms with Gasteiger partial charge in [-0.2, -0.15) is 5.10 Å². The highest BCUT2D eigenvalue weighted by Crippen LogP contribution is 2.39. The van der Waals surface area contributed by atoms with Gasteiger partial charge in [0.25, 0.3) is 0 Å². The number of aliphatic imine (C=N–C) groups is 1. The van der Waals surface area contributed by atoms with Gasteiger partial charge >= 0.3 is 0 Å². The summed E-state index contributed by atoms with van der Waals surface area (Å²) in [6.45, 7) is 3.52. The Labute approximate surface area is 149 Å². The largest absolute Gasteiger partial charge is 0.342 e. The third-order valence-electron chi connectivity index (χ3n) is 4.69. The number of amides is 1. The molecule has 7 heteroatoms. The molecule has 24 heavy (non-hydrogen) atoms. The summed E-state index contributed by atoms with van der Waals surface area (Å²) in [6.07, 6.45) is 2.76. The van der Waals surface area contributed by atoms with Crippen LogP contribution in [0, 0.1) is 5.92 Å². The molecule has 2 aromatic rings. The van der Waals surface area contributed by atoms with Gasteiger partial charge in [0.15, 0.2) is 5.82 Å². The SMILES string of the molecule is CC1=Nc2ccnn2C(c2ccc(Cl)c(Cl)c2)C1C(=O)N1CCC1. The van der Waals surface area contributed by atoms with E-state index in [0.717, 1.165) is 36.6 Å². The standard InChI is InChI=1S/C17H16Cl2N4O/c1-10-15(17(24)22-7-2-8-22)16(23-14(21-10)5-6-20-23)11-3-4-12(18)13(19)9-11/h3-6,9,15-16H,2,7-8H2,1H3. The maximum Gasteiger partial charge on any atom is 0.233 e. The highest BCUT2D eigenvalue weighted by molar-refractivity contribution is 6.42. The molecular formula is C17H16Cl2N4O. The number of nitrogens with zero attached hydrogens (tertiary/aromatic N) is 4. The van der Waals surface area contributed by atoms with Gasteiger partial charge in [-0.3, -0.25) is 4.79 Å². The lowest BCUT2D eigenvalue weighted by atomic mass is 9.86. The first kappa shape index (κ1) is 15.7. The van der Waals surface area contributed by atoms with E-state index in [2.05, 4.69) is 10.1 Å². The van der Waals surface area contributed by atoms with Crippen molar-refractivity contribution in [3.05, 3.63) is 46.1 Å². The van der Waals surface area contributed by atoms with Crippen LogP contribution >= 0.6 is 23.2 Å². The van der Waals surface area contributed by atoms with Gasteiger partial charge in [-0.1, -0.05) is 29.3 Å². The lowest BCUT2D eigenvalue weighted by molar-refractivity contribution is -0.137. The van der Waals surface area contributed by atoms with Crippen LogP contribution in [-0.2, 0) is 4.79 Å². The van der Waals surface area contributed by atoms with Gasteiger partial charge in [-0.05, 0) is 31.0 Å². The Morgan fingerprint density at radius 3 is 2.67 bits per heavy atom. The summed E-state index contributed by atoms with van der Waals surface area (Å²) in [5, 5.41) is 5.36. The van der Waals surface area contributed by atoms with E-state index in [-0.39, 0.29) is 17.9 Å². The predicted octanol–water partition coefficient (Wildman–Crippen LogP) is 3.73. The van der Waals surface area contributed by atoms with Crippen LogP contribution in [0.3, 0.4) is 0 Å². The monoisotopic (exact) mass is 362 g/mol. The summed E-state index contributed by atoms with van der Waals surface area (Å²) >= 11 is 12.3. The van der Waals surface area contributed by atoms with Crippen molar-refractivity contribution in [1.82, 2.24) is 14.7 Å². The first-order valence-corrected chi connectivity index (χ1v) is 8.64. The average Bonchev–Trinajstić information content (AvgIpc) is 2.94. The molecule has 0 bridgehead atoms. The Morgan fingerprint density at radius 2 is 2.00 bits per heavy atom. The molecule has 0 N–H and O–H groups in total. The lowest BCUT2D eigenvalue weighted by Crippen LogP contribution is -2.50. The molecule has 2 aliphatic heterocycles. The van der Waals surface area contributed by atoms with Crippen molar-refractivity contribution >= 4 is 40.6 Å². The maximum atomic E-state index is 13.0. The van der Waals surface area contributed by atoms with E-state index in [4.69, 9.17) is 23.2 Å². The second-order valence-electron chi connectivity index (χ2n) is 6.16. The third-order valence-corrected chi connectivity index (χ3v) is 5.43. The van der Waals surface area contributed by atoms with Gasteiger partial charge in [-0.25, -0.2) is 9.67 Å². The minimum absolute atomic E-state index is 0.0970. The molecule has 3 heterocycles. The van der Waals surface area contributed by atoms with E-state index in [1.165, 1.54) is 0 Å². The molecule has 0 saturated carbocycles. The molecule has 5 nitrogen and oxygen atoms in total. The summed E-state index contributed by atoms with van der Waals surface area (Å²) in [5.41, 5.74) is 1.71. The molecule has 1 aromatic heterocycles. The van der Waals surface area contributed by atoms with E-state index < -0.39 is 0 Å². The van der Waals surface area contributed by atoms with Crippen LogP contribution in [0.25, 0.3) is 0 Å². The fourth-order valence-electron chi connectivity index (χ4n) is 3.31. The number of benzene rings is 1. The minimum atomic E-state index is -0.380. The van der Waals surface area contributed by atoms with Gasteiger partial charge in [0.2, 0.25) is 5.91 Å². The Bertz CT molecular complexity index is 841. The molecule has 2 atom stereocenters. The third kappa shape index (κ3) is 2.43. The molecule has 1 fully saturated rings. The molecule has 2 aliphatic rings. The summed E-state index contributed by atoms with van der Waals surface area (Å²) in [6, 6.07) is 7.05. The summed E-state index contributed by atoms with van der Waals surface area (Å²) in [7, 11) is 0. The average molecular weight is 363 g/mol. The van der Waals surface area contributed by atoms with E-state index >= 15 is 0 Å². The number of likely N-dealkylation sites (tertiary alicyclic amines) is 1. The molecule has 2 unspecified atom stereocenters. The number of aromatic nitrogens is 2. The summed E-state index contributed by atoms with van der Waals surface area (Å²) < 4.78 is 1.80. The number of fused-ring (bicyclic) bond motifs is 1. The van der Waals surface area contributed by atoms with E-state index in [1.807, 2.05) is 30.0 Å². The fourth-order valence-corrected chi connectivity index (χ4v) is 3.61. The van der Waals surface area contributed by atoms with Crippen molar-refractivity contribution in [3.63, 3.8) is 0 Å². The minimum Gasteiger partial charge on any atom is -0.342 e. The zero-order chi connectivity index (χ0) is 16.8. The first-order valence-electron chi connectivity index (χ1n) is 7.88. The molecule has 1 saturated heterocycles. The van der Waals surface area contributed by atoms with Crippen LogP contribution < -0.4 is 0 Å². The number of carbonyl (C=O) groups is 1. The molecule has 0 spiro atoms. The van der Waals surface area contributed by atoms with Gasteiger partial charge < -0.3 is 4.90 Å². The van der Waals surface area contributed by atoms with Crippen LogP contribution in [0.15, 0.2) is 35.5 Å². The molecule has 0 radical (unpaired) electrons. The number of halogens is 2. The number of hydrogen-bond donors (Lipinski definition) is 0. The van der Waals surface area contributed by atoms with Crippen molar-refractivity contribution in [1.29, 1.82) is 0 Å². The van der Waals surface area contributed by atoms with Crippen LogP contribution in [0.4, 0.5) is 5.82 Å². The number of hydrogen-bond acceptors (Lipinski definition) is 3. The van der Waals surface area contributed by atoms with Crippen LogP contribution in [0.2, 0.25) is 10.0 Å².